The van der Waals surface area contributed by atoms with Crippen molar-refractivity contribution in [3.8, 4) is 0 Å². The van der Waals surface area contributed by atoms with E-state index in [0.29, 0.717) is 6.17 Å². The normalized spacial score (nSPS) is 17.9. The highest BCUT2D eigenvalue weighted by Crippen LogP contribution is 2.34. The fourth-order valence-electron chi connectivity index (χ4n) is 3.34. The number of nitrogens with zero attached hydrogens (tertiary/aromatic N) is 2. The minimum atomic E-state index is 0.353. The molecule has 22 heavy (non-hydrogen) atoms. The summed E-state index contributed by atoms with van der Waals surface area (Å²) in [4.78, 5) is 4.57. The van der Waals surface area contributed by atoms with Crippen molar-refractivity contribution in [2.45, 2.75) is 20.0 Å². The van der Waals surface area contributed by atoms with E-state index in [1.165, 1.54) is 32.8 Å². The number of benzene rings is 3. The van der Waals surface area contributed by atoms with E-state index in [0.717, 1.165) is 0 Å². The van der Waals surface area contributed by atoms with Crippen molar-refractivity contribution in [3.63, 3.8) is 0 Å². The second-order valence-corrected chi connectivity index (χ2v) is 6.15. The summed E-state index contributed by atoms with van der Waals surface area (Å²) >= 11 is 0. The molecule has 3 aromatic rings. The number of anilines is 1. The van der Waals surface area contributed by atoms with Crippen molar-refractivity contribution in [2.24, 2.45) is 0 Å². The van der Waals surface area contributed by atoms with Crippen molar-refractivity contribution in [2.75, 3.05) is 11.9 Å². The van der Waals surface area contributed by atoms with Crippen LogP contribution in [0.25, 0.3) is 21.5 Å². The molecule has 0 aliphatic carbocycles. The maximum atomic E-state index is 2.34. The van der Waals surface area contributed by atoms with Gasteiger partial charge in [-0.05, 0) is 53.1 Å². The van der Waals surface area contributed by atoms with E-state index in [4.69, 9.17) is 0 Å². The van der Waals surface area contributed by atoms with Crippen LogP contribution < -0.4 is 4.90 Å². The molecule has 1 aliphatic heterocycles. The summed E-state index contributed by atoms with van der Waals surface area (Å²) in [5.41, 5.74) is 2.60. The largest absolute Gasteiger partial charge is 0.359 e. The molecule has 3 aromatic carbocycles. The number of fused-ring (bicyclic) bond motifs is 3. The zero-order valence-corrected chi connectivity index (χ0v) is 13.2. The maximum absolute atomic E-state index is 2.34. The molecule has 0 fully saturated rings. The molecule has 0 saturated carbocycles. The van der Waals surface area contributed by atoms with Crippen molar-refractivity contribution >= 4 is 27.2 Å². The third-order valence-electron chi connectivity index (χ3n) is 4.79. The fourth-order valence-corrected chi connectivity index (χ4v) is 3.34. The molecule has 0 amide bonds. The van der Waals surface area contributed by atoms with Crippen LogP contribution in [0.15, 0.2) is 60.9 Å². The molecule has 0 saturated heterocycles. The van der Waals surface area contributed by atoms with Gasteiger partial charge in [0.1, 0.15) is 6.17 Å². The van der Waals surface area contributed by atoms with Crippen LogP contribution in [0.1, 0.15) is 12.5 Å². The molecule has 110 valence electrons. The first-order valence-corrected chi connectivity index (χ1v) is 7.76. The fraction of sp³-hybridized carbons (Fsp3) is 0.200. The maximum Gasteiger partial charge on any atom is 0.102 e. The molecule has 0 bridgehead atoms. The molecule has 1 aliphatic rings. The predicted octanol–water partition coefficient (Wildman–Crippen LogP) is 4.87. The highest BCUT2D eigenvalue weighted by molar-refractivity contribution is 6.08. The summed E-state index contributed by atoms with van der Waals surface area (Å²) in [5, 5.41) is 5.26. The lowest BCUT2D eigenvalue weighted by Crippen LogP contribution is -2.33. The first kappa shape index (κ1) is 13.2. The quantitative estimate of drug-likeness (QED) is 0.589. The van der Waals surface area contributed by atoms with E-state index in [1.54, 1.807) is 0 Å². The molecule has 4 rings (SSSR count). The van der Waals surface area contributed by atoms with Crippen LogP contribution in [-0.2, 0) is 0 Å². The van der Waals surface area contributed by atoms with Gasteiger partial charge in [0, 0.05) is 25.1 Å². The lowest BCUT2D eigenvalue weighted by atomic mass is 9.99. The predicted molar refractivity (Wildman–Crippen MR) is 95.0 cm³/mol. The third kappa shape index (κ3) is 1.87. The first-order valence-electron chi connectivity index (χ1n) is 7.76. The highest BCUT2D eigenvalue weighted by Gasteiger charge is 2.21. The number of hydrogen-bond donors (Lipinski definition) is 0. The van der Waals surface area contributed by atoms with E-state index in [9.17, 15) is 0 Å². The minimum absolute atomic E-state index is 0.353. The Morgan fingerprint density at radius 1 is 0.864 bits per heavy atom. The smallest absolute Gasteiger partial charge is 0.102 e. The Kier molecular flexibility index (Phi) is 2.86. The van der Waals surface area contributed by atoms with E-state index in [2.05, 4.69) is 91.6 Å². The van der Waals surface area contributed by atoms with Gasteiger partial charge in [0.2, 0.25) is 0 Å². The molecular weight excluding hydrogens is 268 g/mol. The second-order valence-electron chi connectivity index (χ2n) is 6.15. The van der Waals surface area contributed by atoms with Gasteiger partial charge in [-0.1, -0.05) is 36.4 Å². The van der Waals surface area contributed by atoms with Crippen molar-refractivity contribution in [3.05, 3.63) is 66.5 Å². The second kappa shape index (κ2) is 4.77. The zero-order valence-electron chi connectivity index (χ0n) is 13.2. The molecule has 0 unspecified atom stereocenters. The molecule has 0 aromatic heterocycles. The Bertz CT molecular complexity index is 895. The topological polar surface area (TPSA) is 6.48 Å². The van der Waals surface area contributed by atoms with Crippen LogP contribution >= 0.6 is 0 Å². The Morgan fingerprint density at radius 3 is 2.41 bits per heavy atom. The van der Waals surface area contributed by atoms with Gasteiger partial charge < -0.3 is 9.80 Å². The average Bonchev–Trinajstić information content (AvgIpc) is 2.86. The van der Waals surface area contributed by atoms with E-state index < -0.39 is 0 Å². The molecular formula is C20H20N2. The Balaban J connectivity index is 1.98. The Labute approximate surface area is 131 Å². The Hall–Kier alpha value is -2.48. The van der Waals surface area contributed by atoms with Gasteiger partial charge in [-0.15, -0.1) is 0 Å². The third-order valence-corrected chi connectivity index (χ3v) is 4.79. The number of rotatable bonds is 1. The standard InChI is InChI=1S/C20H20N2/c1-14-12-17-9-8-16-6-4-5-7-18(16)19(17)13-20(14)22-11-10-21(3)15(22)2/h4-13,15H,1-3H3/t15-/m0/s1. The van der Waals surface area contributed by atoms with E-state index in [1.807, 2.05) is 0 Å². The SMILES string of the molecule is Cc1cc2ccc3ccccc3c2cc1N1C=CN(C)[C@@H]1C. The highest BCUT2D eigenvalue weighted by atomic mass is 15.4. The molecule has 0 radical (unpaired) electrons. The van der Waals surface area contributed by atoms with Gasteiger partial charge in [-0.2, -0.15) is 0 Å². The van der Waals surface area contributed by atoms with Crippen molar-refractivity contribution in [1.82, 2.24) is 4.90 Å². The lowest BCUT2D eigenvalue weighted by molar-refractivity contribution is 0.383. The summed E-state index contributed by atoms with van der Waals surface area (Å²) in [6, 6.07) is 17.7. The van der Waals surface area contributed by atoms with Crippen LogP contribution in [0.2, 0.25) is 0 Å². The van der Waals surface area contributed by atoms with Crippen LogP contribution in [-0.4, -0.2) is 18.1 Å². The summed E-state index contributed by atoms with van der Waals surface area (Å²) in [7, 11) is 2.12. The molecule has 1 atom stereocenters. The monoisotopic (exact) mass is 288 g/mol. The van der Waals surface area contributed by atoms with Gasteiger partial charge >= 0.3 is 0 Å². The number of hydrogen-bond acceptors (Lipinski definition) is 2. The van der Waals surface area contributed by atoms with Gasteiger partial charge in [0.15, 0.2) is 0 Å². The van der Waals surface area contributed by atoms with Crippen LogP contribution in [0.3, 0.4) is 0 Å². The molecule has 0 N–H and O–H groups in total. The van der Waals surface area contributed by atoms with Gasteiger partial charge in [0.05, 0.1) is 0 Å². The van der Waals surface area contributed by atoms with Gasteiger partial charge in [0.25, 0.3) is 0 Å². The minimum Gasteiger partial charge on any atom is -0.359 e. The summed E-state index contributed by atoms with van der Waals surface area (Å²) in [6.07, 6.45) is 4.66. The Morgan fingerprint density at radius 2 is 1.64 bits per heavy atom. The van der Waals surface area contributed by atoms with E-state index in [-0.39, 0.29) is 0 Å². The average molecular weight is 288 g/mol. The summed E-state index contributed by atoms with van der Waals surface area (Å²) in [6.45, 7) is 4.43. The molecule has 1 heterocycles. The molecule has 2 heteroatoms. The summed E-state index contributed by atoms with van der Waals surface area (Å²) < 4.78 is 0. The van der Waals surface area contributed by atoms with Crippen LogP contribution in [0.4, 0.5) is 5.69 Å². The van der Waals surface area contributed by atoms with Crippen molar-refractivity contribution < 1.29 is 0 Å². The van der Waals surface area contributed by atoms with Crippen LogP contribution in [0, 0.1) is 6.92 Å². The first-order chi connectivity index (χ1) is 10.6. The number of aryl methyl sites for hydroxylation is 1. The lowest BCUT2D eigenvalue weighted by Gasteiger charge is -2.28. The van der Waals surface area contributed by atoms with Gasteiger partial charge in [-0.3, -0.25) is 0 Å². The summed E-state index contributed by atoms with van der Waals surface area (Å²) in [5.74, 6) is 0. The zero-order chi connectivity index (χ0) is 15.3. The van der Waals surface area contributed by atoms with Crippen molar-refractivity contribution in [1.29, 1.82) is 0 Å². The van der Waals surface area contributed by atoms with E-state index >= 15 is 0 Å². The molecule has 0 spiro atoms. The van der Waals surface area contributed by atoms with Crippen LogP contribution in [0.5, 0.6) is 0 Å². The molecule has 2 nitrogen and oxygen atoms in total. The van der Waals surface area contributed by atoms with Gasteiger partial charge in [-0.25, -0.2) is 0 Å².